The number of amides is 1. The van der Waals surface area contributed by atoms with Crippen LogP contribution in [0.2, 0.25) is 0 Å². The summed E-state index contributed by atoms with van der Waals surface area (Å²) in [6.45, 7) is 0. The lowest BCUT2D eigenvalue weighted by molar-refractivity contribution is -0.140. The SMILES string of the molecule is Nc1cc(Br)cc(C(=O)N2CSC[C@H]2C(=O)O)c1. The van der Waals surface area contributed by atoms with Crippen molar-refractivity contribution in [2.45, 2.75) is 6.04 Å². The molecular weight excluding hydrogens is 320 g/mol. The Hall–Kier alpha value is -1.21. The monoisotopic (exact) mass is 330 g/mol. The van der Waals surface area contributed by atoms with Gasteiger partial charge in [-0.05, 0) is 18.2 Å². The number of carbonyl (C=O) groups is 2. The minimum Gasteiger partial charge on any atom is -0.480 e. The van der Waals surface area contributed by atoms with Crippen molar-refractivity contribution in [2.24, 2.45) is 0 Å². The predicted octanol–water partition coefficient (Wildman–Crippen LogP) is 1.63. The van der Waals surface area contributed by atoms with Gasteiger partial charge >= 0.3 is 5.97 Å². The maximum atomic E-state index is 12.2. The molecule has 1 atom stereocenters. The van der Waals surface area contributed by atoms with Crippen molar-refractivity contribution in [3.8, 4) is 0 Å². The van der Waals surface area contributed by atoms with E-state index in [0.717, 1.165) is 0 Å². The fraction of sp³-hybridized carbons (Fsp3) is 0.273. The largest absolute Gasteiger partial charge is 0.480 e. The van der Waals surface area contributed by atoms with Crippen molar-refractivity contribution in [2.75, 3.05) is 17.4 Å². The predicted molar refractivity (Wildman–Crippen MR) is 73.5 cm³/mol. The summed E-state index contributed by atoms with van der Waals surface area (Å²) in [5, 5.41) is 9.05. The molecule has 5 nitrogen and oxygen atoms in total. The molecule has 0 aromatic heterocycles. The van der Waals surface area contributed by atoms with Gasteiger partial charge in [0.05, 0.1) is 5.88 Å². The quantitative estimate of drug-likeness (QED) is 0.805. The number of benzene rings is 1. The molecule has 1 aromatic carbocycles. The molecule has 3 N–H and O–H groups in total. The molecule has 0 bridgehead atoms. The van der Waals surface area contributed by atoms with Gasteiger partial charge in [-0.25, -0.2) is 4.79 Å². The van der Waals surface area contributed by atoms with Crippen molar-refractivity contribution >= 4 is 45.3 Å². The highest BCUT2D eigenvalue weighted by molar-refractivity contribution is 9.10. The van der Waals surface area contributed by atoms with Crippen LogP contribution in [0.3, 0.4) is 0 Å². The molecule has 1 fully saturated rings. The number of carboxylic acid groups (broad SMARTS) is 1. The highest BCUT2D eigenvalue weighted by atomic mass is 79.9. The van der Waals surface area contributed by atoms with Crippen LogP contribution < -0.4 is 5.73 Å². The molecule has 1 aliphatic heterocycles. The Morgan fingerprint density at radius 3 is 2.78 bits per heavy atom. The number of halogens is 1. The van der Waals surface area contributed by atoms with Gasteiger partial charge in [-0.3, -0.25) is 4.79 Å². The zero-order chi connectivity index (χ0) is 13.3. The number of nitrogens with zero attached hydrogens (tertiary/aromatic N) is 1. The van der Waals surface area contributed by atoms with E-state index in [-0.39, 0.29) is 5.91 Å². The van der Waals surface area contributed by atoms with Crippen LogP contribution >= 0.6 is 27.7 Å². The van der Waals surface area contributed by atoms with Crippen LogP contribution in [0.25, 0.3) is 0 Å². The van der Waals surface area contributed by atoms with Crippen LogP contribution in [0, 0.1) is 0 Å². The van der Waals surface area contributed by atoms with E-state index in [1.807, 2.05) is 0 Å². The van der Waals surface area contributed by atoms with Crippen molar-refractivity contribution in [1.82, 2.24) is 4.90 Å². The number of rotatable bonds is 2. The number of carboxylic acids is 1. The van der Waals surface area contributed by atoms with E-state index >= 15 is 0 Å². The highest BCUT2D eigenvalue weighted by Crippen LogP contribution is 2.25. The van der Waals surface area contributed by atoms with Crippen LogP contribution in [-0.2, 0) is 4.79 Å². The number of nitrogen functional groups attached to an aromatic ring is 1. The number of nitrogens with two attached hydrogens (primary N) is 1. The summed E-state index contributed by atoms with van der Waals surface area (Å²) in [7, 11) is 0. The fourth-order valence-corrected chi connectivity index (χ4v) is 3.41. The average molecular weight is 331 g/mol. The summed E-state index contributed by atoms with van der Waals surface area (Å²) in [5.41, 5.74) is 6.53. The molecule has 1 aliphatic rings. The molecule has 0 saturated carbocycles. The second-order valence-corrected chi connectivity index (χ2v) is 5.82. The lowest BCUT2D eigenvalue weighted by atomic mass is 10.1. The van der Waals surface area contributed by atoms with Gasteiger partial charge in [0.15, 0.2) is 0 Å². The third kappa shape index (κ3) is 2.62. The molecule has 96 valence electrons. The Morgan fingerprint density at radius 2 is 2.17 bits per heavy atom. The summed E-state index contributed by atoms with van der Waals surface area (Å²) in [6.07, 6.45) is 0. The molecule has 18 heavy (non-hydrogen) atoms. The van der Waals surface area contributed by atoms with E-state index in [4.69, 9.17) is 10.8 Å². The maximum absolute atomic E-state index is 12.2. The Kier molecular flexibility index (Phi) is 3.82. The Bertz CT molecular complexity index is 489. The van der Waals surface area contributed by atoms with Crippen LogP contribution in [0.4, 0.5) is 5.69 Å². The normalized spacial score (nSPS) is 18.9. The number of hydrogen-bond acceptors (Lipinski definition) is 4. The second kappa shape index (κ2) is 5.19. The number of carbonyl (C=O) groups excluding carboxylic acids is 1. The third-order valence-electron chi connectivity index (χ3n) is 2.60. The van der Waals surface area contributed by atoms with E-state index in [2.05, 4.69) is 15.9 Å². The average Bonchev–Trinajstić information content (AvgIpc) is 2.75. The topological polar surface area (TPSA) is 83.6 Å². The van der Waals surface area contributed by atoms with Gasteiger partial charge in [0, 0.05) is 21.5 Å². The molecule has 1 heterocycles. The van der Waals surface area contributed by atoms with E-state index in [9.17, 15) is 9.59 Å². The maximum Gasteiger partial charge on any atom is 0.327 e. The van der Waals surface area contributed by atoms with Crippen molar-refractivity contribution in [1.29, 1.82) is 0 Å². The number of thioether (sulfide) groups is 1. The Balaban J connectivity index is 2.28. The van der Waals surface area contributed by atoms with Crippen LogP contribution in [-0.4, -0.2) is 39.6 Å². The fourth-order valence-electron chi connectivity index (χ4n) is 1.75. The van der Waals surface area contributed by atoms with Crippen LogP contribution in [0.5, 0.6) is 0 Å². The van der Waals surface area contributed by atoms with E-state index in [1.165, 1.54) is 16.7 Å². The summed E-state index contributed by atoms with van der Waals surface area (Å²) in [5.74, 6) is -0.469. The standard InChI is InChI=1S/C11H11BrN2O3S/c12-7-1-6(2-8(13)3-7)10(15)14-5-18-4-9(14)11(16)17/h1-3,9H,4-5,13H2,(H,16,17)/t9-/m0/s1. The molecule has 1 aromatic rings. The number of anilines is 1. The molecule has 0 aliphatic carbocycles. The summed E-state index contributed by atoms with van der Waals surface area (Å²) in [4.78, 5) is 24.6. The van der Waals surface area contributed by atoms with Gasteiger partial charge in [-0.15, -0.1) is 11.8 Å². The van der Waals surface area contributed by atoms with Gasteiger partial charge in [0.1, 0.15) is 6.04 Å². The van der Waals surface area contributed by atoms with E-state index in [1.54, 1.807) is 18.2 Å². The molecule has 0 unspecified atom stereocenters. The van der Waals surface area contributed by atoms with E-state index < -0.39 is 12.0 Å². The highest BCUT2D eigenvalue weighted by Gasteiger charge is 2.35. The second-order valence-electron chi connectivity index (χ2n) is 3.90. The Labute approximate surface area is 116 Å². The lowest BCUT2D eigenvalue weighted by Crippen LogP contribution is -2.41. The van der Waals surface area contributed by atoms with Gasteiger partial charge in [-0.2, -0.15) is 0 Å². The van der Waals surface area contributed by atoms with Gasteiger partial charge in [0.2, 0.25) is 0 Å². The zero-order valence-corrected chi connectivity index (χ0v) is 11.7. The van der Waals surface area contributed by atoms with E-state index in [0.29, 0.717) is 27.4 Å². The first-order chi connectivity index (χ1) is 8.49. The first-order valence-corrected chi connectivity index (χ1v) is 7.11. The van der Waals surface area contributed by atoms with Crippen LogP contribution in [0.1, 0.15) is 10.4 Å². The van der Waals surface area contributed by atoms with Gasteiger partial charge in [-0.1, -0.05) is 15.9 Å². The molecule has 7 heteroatoms. The number of hydrogen-bond donors (Lipinski definition) is 2. The Morgan fingerprint density at radius 1 is 1.44 bits per heavy atom. The first kappa shape index (κ1) is 13.2. The molecule has 1 saturated heterocycles. The molecule has 0 radical (unpaired) electrons. The molecule has 2 rings (SSSR count). The van der Waals surface area contributed by atoms with Crippen molar-refractivity contribution < 1.29 is 14.7 Å². The summed E-state index contributed by atoms with van der Waals surface area (Å²) in [6, 6.07) is 4.11. The zero-order valence-electron chi connectivity index (χ0n) is 9.30. The van der Waals surface area contributed by atoms with Crippen molar-refractivity contribution in [3.63, 3.8) is 0 Å². The first-order valence-electron chi connectivity index (χ1n) is 5.16. The summed E-state index contributed by atoms with van der Waals surface area (Å²) >= 11 is 4.69. The smallest absolute Gasteiger partial charge is 0.327 e. The van der Waals surface area contributed by atoms with Crippen LogP contribution in [0.15, 0.2) is 22.7 Å². The molecular formula is C11H11BrN2O3S. The number of aliphatic carboxylic acids is 1. The van der Waals surface area contributed by atoms with Crippen molar-refractivity contribution in [3.05, 3.63) is 28.2 Å². The minimum absolute atomic E-state index is 0.305. The van der Waals surface area contributed by atoms with Gasteiger partial charge in [0.25, 0.3) is 5.91 Å². The molecule has 0 spiro atoms. The summed E-state index contributed by atoms with van der Waals surface area (Å²) < 4.78 is 0.699. The third-order valence-corrected chi connectivity index (χ3v) is 4.07. The molecule has 1 amide bonds. The van der Waals surface area contributed by atoms with Gasteiger partial charge < -0.3 is 15.7 Å². The lowest BCUT2D eigenvalue weighted by Gasteiger charge is -2.20. The minimum atomic E-state index is -0.976.